The predicted octanol–water partition coefficient (Wildman–Crippen LogP) is 12.2. The molecular formula is C68H102O10. The molecule has 22 atom stereocenters. The van der Waals surface area contributed by atoms with Gasteiger partial charge in [-0.05, 0) is 230 Å². The lowest BCUT2D eigenvalue weighted by molar-refractivity contribution is -0.223. The zero-order valence-electron chi connectivity index (χ0n) is 53.4. The van der Waals surface area contributed by atoms with E-state index in [0.29, 0.717) is 120 Å². The molecule has 9 unspecified atom stereocenters. The highest BCUT2D eigenvalue weighted by Gasteiger charge is 2.68. The van der Waals surface area contributed by atoms with Crippen LogP contribution in [0.3, 0.4) is 0 Å². The lowest BCUT2D eigenvalue weighted by Crippen LogP contribution is -2.58. The molecule has 2 saturated heterocycles. The minimum Gasteiger partial charge on any atom is -0.393 e. The molecule has 0 aromatic heterocycles. The molecule has 10 fully saturated rings. The monoisotopic (exact) mass is 1080 g/mol. The van der Waals surface area contributed by atoms with Crippen LogP contribution < -0.4 is 0 Å². The minimum atomic E-state index is -1.57. The van der Waals surface area contributed by atoms with E-state index in [0.717, 1.165) is 75.4 Å². The summed E-state index contributed by atoms with van der Waals surface area (Å²) >= 11 is 0. The molecule has 14 aliphatic rings. The van der Waals surface area contributed by atoms with Crippen molar-refractivity contribution in [2.24, 2.45) is 104 Å². The van der Waals surface area contributed by atoms with Crippen molar-refractivity contribution >= 4 is 11.6 Å². The fraction of sp³-hybridized carbons (Fsp3) is 0.853. The fourth-order valence-electron chi connectivity index (χ4n) is 22.9. The zero-order chi connectivity index (χ0) is 59.0. The molecule has 78 heavy (non-hydrogen) atoms. The lowest BCUT2D eigenvalue weighted by atomic mass is 9.46. The Morgan fingerprint density at radius 3 is 1.56 bits per heavy atom. The number of rotatable bonds is 3. The molecule has 10 nitrogen and oxygen atoms in total. The molecule has 0 amide bonds. The van der Waals surface area contributed by atoms with Gasteiger partial charge in [0, 0.05) is 35.5 Å². The van der Waals surface area contributed by atoms with Crippen LogP contribution in [0.25, 0.3) is 0 Å². The molecule has 2 aliphatic heterocycles. The number of allylic oxidation sites excluding steroid dienone is 6. The first-order valence-corrected chi connectivity index (χ1v) is 31.4. The Hall–Kier alpha value is -2.02. The third-order valence-electron chi connectivity index (χ3n) is 26.4. The van der Waals surface area contributed by atoms with Gasteiger partial charge in [-0.2, -0.15) is 0 Å². The third kappa shape index (κ3) is 8.53. The van der Waals surface area contributed by atoms with Gasteiger partial charge in [-0.15, -0.1) is 0 Å². The fourth-order valence-corrected chi connectivity index (χ4v) is 22.9. The lowest BCUT2D eigenvalue weighted by Gasteiger charge is -2.60. The number of aliphatic hydroxyl groups is 4. The number of Topliss-reactive ketones (excluding diaryl/α,β-unsaturated/α-hetero) is 2. The van der Waals surface area contributed by atoms with Gasteiger partial charge in [0.2, 0.25) is 0 Å². The molecule has 0 aromatic carbocycles. The molecule has 4 N–H and O–H groups in total. The minimum absolute atomic E-state index is 0.0134. The zero-order valence-corrected chi connectivity index (χ0v) is 49.4. The summed E-state index contributed by atoms with van der Waals surface area (Å²) in [7, 11) is 0. The number of fused-ring (bicyclic) bond motifs is 15. The number of hydrogen-bond donors (Lipinski definition) is 4. The van der Waals surface area contributed by atoms with E-state index < -0.39 is 35.9 Å². The van der Waals surface area contributed by atoms with E-state index in [1.807, 2.05) is 6.92 Å². The largest absolute Gasteiger partial charge is 0.393 e. The van der Waals surface area contributed by atoms with Crippen molar-refractivity contribution in [3.8, 4) is 0 Å². The summed E-state index contributed by atoms with van der Waals surface area (Å²) < 4.78 is 58.5. The standard InChI is InChI=1S/C24H34O3.C23H36O4.C21H32O3/c1-15-9-10-22(2)16(13-15)5-6-17-18-7-8-20(24(4)26-11-12-27-24)23(18,3)14-19(25)21(17)22;1-21-9-8-15(24)12-14(21)4-5-16-17-6-7-19(23(3)26-10-11-27-23)22(17,2)13-18(25)20(16)21;1-12(22)16-6-7-17-15-5-4-13-10-14(23)8-9-20(13,2)19(15)18(24)11-21(16,17)3/h5,13,17-18,20-21H,6-12,14H2,1-4H3;4,15-20,24-25H,5-13H2,1-3H3;4,14-19,23-24H,5-11H2,1-3H3/t17?,18?,20-,21?,22-,23-;15-,16?,17?,18-,19-,20?,21-,22-;14-,15?,16+,17?,18-,19?,20-,21+/m000/s1/i;15D,18D;14D,18D. The highest BCUT2D eigenvalue weighted by Crippen LogP contribution is 2.71. The first kappa shape index (κ1) is 51.6. The van der Waals surface area contributed by atoms with Crippen molar-refractivity contribution in [2.45, 2.75) is 234 Å². The topological polar surface area (TPSA) is 152 Å². The second-order valence-electron chi connectivity index (χ2n) is 30.2. The second kappa shape index (κ2) is 19.8. The molecular weight excluding hydrogens is 977 g/mol. The number of hydrogen-bond acceptors (Lipinski definition) is 10. The Morgan fingerprint density at radius 2 is 1.04 bits per heavy atom. The van der Waals surface area contributed by atoms with Gasteiger partial charge in [0.25, 0.3) is 0 Å². The molecule has 0 aromatic rings. The summed E-state index contributed by atoms with van der Waals surface area (Å²) in [6.45, 7) is 24.1. The first-order valence-electron chi connectivity index (χ1n) is 33.4. The molecule has 14 rings (SSSR count). The van der Waals surface area contributed by atoms with Gasteiger partial charge in [0.05, 0.1) is 56.2 Å². The quantitative estimate of drug-likeness (QED) is 0.201. The Bertz CT molecular complexity index is 2700. The predicted molar refractivity (Wildman–Crippen MR) is 301 cm³/mol. The smallest absolute Gasteiger partial charge is 0.169 e. The van der Waals surface area contributed by atoms with Gasteiger partial charge < -0.3 is 39.4 Å². The van der Waals surface area contributed by atoms with Crippen molar-refractivity contribution < 1.29 is 54.4 Å². The van der Waals surface area contributed by atoms with Crippen LogP contribution in [0.1, 0.15) is 203 Å². The Balaban J connectivity index is 0.000000122. The van der Waals surface area contributed by atoms with Crippen molar-refractivity contribution in [3.05, 3.63) is 46.6 Å². The Kier molecular flexibility index (Phi) is 13.1. The third-order valence-corrected chi connectivity index (χ3v) is 26.4. The van der Waals surface area contributed by atoms with E-state index in [1.165, 1.54) is 17.6 Å². The normalized spacial score (nSPS) is 56.5. The van der Waals surface area contributed by atoms with Crippen LogP contribution in [0.4, 0.5) is 0 Å². The van der Waals surface area contributed by atoms with Gasteiger partial charge in [0.15, 0.2) is 11.6 Å². The SMILES string of the molecule is CC1=CC2=CCC3C(C(=O)C[C@@]4(C)C3CC[C@@H]4C3(C)OCCO3)[C@@]2(C)CC1.[2H][C@]1(O)CC[C@@]2(C)C(=CCC3C2[C@@]([2H])(O)C[C@@]2(C)C3CC[C@@H]2C(C)=O)C1.[2H][C@]1(O)CC[C@@]2(C)C(=CCC3C2[C@@]([2H])(O)C[C@@]2(C)C3CC[C@@H]2C2(C)OCCO2)C1. The Morgan fingerprint density at radius 1 is 0.577 bits per heavy atom. The molecule has 0 radical (unpaired) electrons. The maximum Gasteiger partial charge on any atom is 0.169 e. The molecule has 0 spiro atoms. The van der Waals surface area contributed by atoms with E-state index in [4.69, 9.17) is 24.4 Å². The van der Waals surface area contributed by atoms with Crippen LogP contribution in [0.15, 0.2) is 46.6 Å². The maximum atomic E-state index is 13.7. The van der Waals surface area contributed by atoms with Crippen molar-refractivity contribution in [3.63, 3.8) is 0 Å². The summed E-state index contributed by atoms with van der Waals surface area (Å²) in [5.74, 6) is 2.26. The van der Waals surface area contributed by atoms with Gasteiger partial charge in [-0.3, -0.25) is 9.59 Å². The maximum absolute atomic E-state index is 13.7. The number of ether oxygens (including phenoxy) is 4. The van der Waals surface area contributed by atoms with Crippen molar-refractivity contribution in [2.75, 3.05) is 26.4 Å². The second-order valence-corrected chi connectivity index (χ2v) is 30.2. The summed E-state index contributed by atoms with van der Waals surface area (Å²) in [6, 6.07) is 0. The van der Waals surface area contributed by atoms with Gasteiger partial charge >= 0.3 is 0 Å². The van der Waals surface area contributed by atoms with Crippen LogP contribution in [0.2, 0.25) is 0 Å². The average molecular weight is 1080 g/mol. The molecule has 434 valence electrons. The van der Waals surface area contributed by atoms with Crippen molar-refractivity contribution in [1.82, 2.24) is 0 Å². The Labute approximate surface area is 474 Å². The molecule has 8 saturated carbocycles. The highest BCUT2D eigenvalue weighted by molar-refractivity contribution is 5.85. The molecule has 2 heterocycles. The van der Waals surface area contributed by atoms with Crippen LogP contribution >= 0.6 is 0 Å². The molecule has 12 aliphatic carbocycles. The van der Waals surface area contributed by atoms with E-state index in [9.17, 15) is 30.0 Å². The number of carbonyl (C=O) groups is 2. The number of ketones is 2. The van der Waals surface area contributed by atoms with Crippen molar-refractivity contribution in [1.29, 1.82) is 0 Å². The summed E-state index contributed by atoms with van der Waals surface area (Å²) in [5.41, 5.74) is 3.97. The van der Waals surface area contributed by atoms with Gasteiger partial charge in [-0.1, -0.05) is 82.6 Å². The summed E-state index contributed by atoms with van der Waals surface area (Å²) in [5, 5.41) is 43.5. The van der Waals surface area contributed by atoms with Gasteiger partial charge in [0.1, 0.15) is 11.6 Å². The van der Waals surface area contributed by atoms with Crippen LogP contribution in [-0.2, 0) is 28.5 Å². The number of carbonyl (C=O) groups excluding carboxylic acids is 2. The molecule has 0 bridgehead atoms. The van der Waals surface area contributed by atoms with E-state index in [2.05, 4.69) is 79.7 Å². The summed E-state index contributed by atoms with van der Waals surface area (Å²) in [4.78, 5) is 25.9. The highest BCUT2D eigenvalue weighted by atomic mass is 16.7. The van der Waals surface area contributed by atoms with E-state index in [1.54, 1.807) is 6.92 Å². The van der Waals surface area contributed by atoms with Crippen LogP contribution in [0.5, 0.6) is 0 Å². The van der Waals surface area contributed by atoms with Crippen LogP contribution in [-0.4, -0.2) is 94.3 Å². The van der Waals surface area contributed by atoms with Crippen LogP contribution in [0, 0.1) is 104 Å². The molecule has 10 heteroatoms. The first-order chi connectivity index (χ1) is 38.1. The van der Waals surface area contributed by atoms with Gasteiger partial charge in [-0.25, -0.2) is 0 Å². The van der Waals surface area contributed by atoms with E-state index >= 15 is 0 Å². The average Bonchev–Trinajstić information content (AvgIpc) is 1.65. The summed E-state index contributed by atoms with van der Waals surface area (Å²) in [6.07, 6.45) is 18.8. The van der Waals surface area contributed by atoms with E-state index in [-0.39, 0.29) is 79.7 Å².